The van der Waals surface area contributed by atoms with E-state index in [2.05, 4.69) is 10.1 Å². The summed E-state index contributed by atoms with van der Waals surface area (Å²) in [5.41, 5.74) is 1.48. The lowest BCUT2D eigenvalue weighted by Crippen LogP contribution is -2.35. The van der Waals surface area contributed by atoms with E-state index in [-0.39, 0.29) is 17.0 Å². The summed E-state index contributed by atoms with van der Waals surface area (Å²) in [5, 5.41) is 43.1. The zero-order valence-corrected chi connectivity index (χ0v) is 10.9. The number of nitrogens with two attached hydrogens (primary N) is 1. The molecule has 0 bridgehead atoms. The molecule has 2 aromatic heterocycles. The molecule has 1 aliphatic heterocycles. The normalized spacial score (nSPS) is 39.7. The van der Waals surface area contributed by atoms with Gasteiger partial charge < -0.3 is 25.8 Å². The first-order valence-electron chi connectivity index (χ1n) is 6.33. The Morgan fingerprint density at radius 3 is 2.86 bits per heavy atom. The average molecular weight is 307 g/mol. The first-order valence-corrected chi connectivity index (χ1v) is 6.33. The molecule has 10 heteroatoms. The number of aliphatic hydroxyl groups is 3. The molecule has 2 aliphatic rings. The lowest BCUT2D eigenvalue weighted by molar-refractivity contribution is -0.0752. The Bertz CT molecular complexity index is 850. The van der Waals surface area contributed by atoms with Crippen LogP contribution in [-0.2, 0) is 4.74 Å². The summed E-state index contributed by atoms with van der Waals surface area (Å²) in [4.78, 5) is 3.67. The third-order valence-corrected chi connectivity index (χ3v) is 4.39. The first-order chi connectivity index (χ1) is 10.4. The van der Waals surface area contributed by atoms with Crippen molar-refractivity contribution in [3.8, 4) is 6.07 Å². The predicted octanol–water partition coefficient (Wildman–Crippen LogP) is -1.75. The fraction of sp³-hybridized carbons (Fsp3) is 0.417. The van der Waals surface area contributed by atoms with Crippen molar-refractivity contribution in [2.24, 2.45) is 0 Å². The molecule has 1 aliphatic carbocycles. The lowest BCUT2D eigenvalue weighted by atomic mass is 10.0. The number of anilines is 1. The molecule has 1 unspecified atom stereocenters. The zero-order chi connectivity index (χ0) is 15.9. The van der Waals surface area contributed by atoms with Crippen LogP contribution in [0.15, 0.2) is 12.4 Å². The molecule has 2 aromatic rings. The van der Waals surface area contributed by atoms with Crippen LogP contribution in [0, 0.1) is 17.1 Å². The maximum Gasteiger partial charge on any atom is 0.217 e. The molecule has 22 heavy (non-hydrogen) atoms. The molecule has 1 saturated heterocycles. The van der Waals surface area contributed by atoms with E-state index >= 15 is 0 Å². The van der Waals surface area contributed by atoms with Gasteiger partial charge in [0.1, 0.15) is 36.2 Å². The lowest BCUT2D eigenvalue weighted by Gasteiger charge is -2.20. The Labute approximate surface area is 122 Å². The van der Waals surface area contributed by atoms with E-state index in [0.29, 0.717) is 0 Å². The van der Waals surface area contributed by atoms with Crippen LogP contribution < -0.4 is 5.73 Å². The Balaban J connectivity index is 1.86. The van der Waals surface area contributed by atoms with Crippen LogP contribution in [0.2, 0.25) is 0 Å². The summed E-state index contributed by atoms with van der Waals surface area (Å²) >= 11 is 0. The van der Waals surface area contributed by atoms with Gasteiger partial charge in [-0.3, -0.25) is 0 Å². The minimum Gasteiger partial charge on any atom is -0.387 e. The van der Waals surface area contributed by atoms with Crippen molar-refractivity contribution in [3.63, 3.8) is 0 Å². The minimum absolute atomic E-state index is 0.0524. The van der Waals surface area contributed by atoms with Crippen molar-refractivity contribution < 1.29 is 24.4 Å². The van der Waals surface area contributed by atoms with Crippen molar-refractivity contribution in [2.45, 2.75) is 29.5 Å². The standard InChI is InChI=1S/C12H10FN5O4/c13-4-1-5(18-6(4)9(15)16-3-17-18)7-8(19)12(21)10(20)11(12,2-14)22-7/h1,3,7-8,10,19-21H,(H2,15,16,17)/t7-,8-,10?,11+,12+/m0/s1. The number of nitrogens with zero attached hydrogens (tertiary/aromatic N) is 4. The molecule has 4 rings (SSSR count). The number of rotatable bonds is 1. The van der Waals surface area contributed by atoms with Gasteiger partial charge in [-0.1, -0.05) is 0 Å². The highest BCUT2D eigenvalue weighted by Gasteiger charge is 2.88. The highest BCUT2D eigenvalue weighted by molar-refractivity contribution is 5.66. The van der Waals surface area contributed by atoms with Crippen molar-refractivity contribution in [2.75, 3.05) is 5.73 Å². The molecule has 1 saturated carbocycles. The van der Waals surface area contributed by atoms with Gasteiger partial charge in [0.25, 0.3) is 0 Å². The quantitative estimate of drug-likeness (QED) is 0.484. The highest BCUT2D eigenvalue weighted by Crippen LogP contribution is 2.63. The van der Waals surface area contributed by atoms with E-state index in [9.17, 15) is 19.7 Å². The number of ether oxygens (including phenoxy) is 1. The van der Waals surface area contributed by atoms with Gasteiger partial charge in [0, 0.05) is 6.07 Å². The Kier molecular flexibility index (Phi) is 2.25. The molecule has 9 nitrogen and oxygen atoms in total. The molecule has 0 radical (unpaired) electrons. The van der Waals surface area contributed by atoms with E-state index in [1.54, 1.807) is 6.07 Å². The first kappa shape index (κ1) is 13.4. The van der Waals surface area contributed by atoms with Crippen LogP contribution >= 0.6 is 0 Å². The summed E-state index contributed by atoms with van der Waals surface area (Å²) in [6, 6.07) is 2.69. The molecule has 0 spiro atoms. The third kappa shape index (κ3) is 1.18. The second kappa shape index (κ2) is 3.71. The topological polar surface area (TPSA) is 150 Å². The van der Waals surface area contributed by atoms with Gasteiger partial charge in [-0.15, -0.1) is 0 Å². The largest absolute Gasteiger partial charge is 0.387 e. The average Bonchev–Trinajstić information content (AvgIpc) is 2.75. The second-order valence-electron chi connectivity index (χ2n) is 5.38. The second-order valence-corrected chi connectivity index (χ2v) is 5.38. The SMILES string of the molecule is N#C[C@]12O[C@@H](c3cc(F)c4c(N)ncnn34)[C@H](O)[C@@]1(O)C2O. The number of aliphatic hydroxyl groups excluding tert-OH is 2. The number of hydrogen-bond acceptors (Lipinski definition) is 8. The van der Waals surface area contributed by atoms with Gasteiger partial charge in [0.15, 0.2) is 17.2 Å². The van der Waals surface area contributed by atoms with Crippen LogP contribution in [0.4, 0.5) is 10.2 Å². The number of halogens is 1. The van der Waals surface area contributed by atoms with Gasteiger partial charge in [-0.2, -0.15) is 10.4 Å². The van der Waals surface area contributed by atoms with E-state index < -0.39 is 35.3 Å². The molecule has 5 N–H and O–H groups in total. The van der Waals surface area contributed by atoms with Gasteiger partial charge in [0.2, 0.25) is 5.60 Å². The molecular weight excluding hydrogens is 297 g/mol. The number of fused-ring (bicyclic) bond motifs is 2. The molecule has 0 aromatic carbocycles. The molecule has 2 fully saturated rings. The Hall–Kier alpha value is -2.32. The monoisotopic (exact) mass is 307 g/mol. The fourth-order valence-electron chi connectivity index (χ4n) is 3.12. The van der Waals surface area contributed by atoms with Gasteiger partial charge in [-0.05, 0) is 0 Å². The van der Waals surface area contributed by atoms with Crippen LogP contribution in [0.25, 0.3) is 5.52 Å². The van der Waals surface area contributed by atoms with Crippen molar-refractivity contribution in [1.29, 1.82) is 5.26 Å². The molecule has 0 amide bonds. The third-order valence-electron chi connectivity index (χ3n) is 4.39. The van der Waals surface area contributed by atoms with E-state index in [0.717, 1.165) is 16.9 Å². The maximum absolute atomic E-state index is 14.0. The molecule has 114 valence electrons. The highest BCUT2D eigenvalue weighted by atomic mass is 19.1. The summed E-state index contributed by atoms with van der Waals surface area (Å²) in [6.07, 6.45) is -3.32. The predicted molar refractivity (Wildman–Crippen MR) is 66.5 cm³/mol. The van der Waals surface area contributed by atoms with Crippen molar-refractivity contribution >= 4 is 11.3 Å². The van der Waals surface area contributed by atoms with Crippen LogP contribution in [-0.4, -0.2) is 53.3 Å². The van der Waals surface area contributed by atoms with E-state index in [4.69, 9.17) is 15.7 Å². The van der Waals surface area contributed by atoms with E-state index in [1.807, 2.05) is 0 Å². The number of nitriles is 1. The van der Waals surface area contributed by atoms with Crippen LogP contribution in [0.1, 0.15) is 11.8 Å². The Morgan fingerprint density at radius 1 is 1.50 bits per heavy atom. The van der Waals surface area contributed by atoms with Crippen molar-refractivity contribution in [1.82, 2.24) is 14.6 Å². The van der Waals surface area contributed by atoms with Gasteiger partial charge in [-0.25, -0.2) is 13.9 Å². The maximum atomic E-state index is 14.0. The smallest absolute Gasteiger partial charge is 0.217 e. The number of aromatic nitrogens is 3. The minimum atomic E-state index is -2.12. The fourth-order valence-corrected chi connectivity index (χ4v) is 3.12. The van der Waals surface area contributed by atoms with Crippen LogP contribution in [0.3, 0.4) is 0 Å². The summed E-state index contributed by atoms with van der Waals surface area (Å²) in [6.45, 7) is 0. The van der Waals surface area contributed by atoms with E-state index in [1.165, 1.54) is 0 Å². The summed E-state index contributed by atoms with van der Waals surface area (Å²) in [7, 11) is 0. The Morgan fingerprint density at radius 2 is 2.23 bits per heavy atom. The zero-order valence-electron chi connectivity index (χ0n) is 10.9. The summed E-state index contributed by atoms with van der Waals surface area (Å²) in [5.74, 6) is -0.840. The van der Waals surface area contributed by atoms with Crippen LogP contribution in [0.5, 0.6) is 0 Å². The van der Waals surface area contributed by atoms with Gasteiger partial charge >= 0.3 is 0 Å². The van der Waals surface area contributed by atoms with Crippen molar-refractivity contribution in [3.05, 3.63) is 23.9 Å². The summed E-state index contributed by atoms with van der Waals surface area (Å²) < 4.78 is 20.4. The number of hydrogen-bond donors (Lipinski definition) is 4. The molecule has 5 atom stereocenters. The molecular formula is C12H10FN5O4. The molecule has 3 heterocycles. The van der Waals surface area contributed by atoms with Gasteiger partial charge in [0.05, 0.1) is 5.69 Å². The number of nitrogen functional groups attached to an aromatic ring is 1.